The summed E-state index contributed by atoms with van der Waals surface area (Å²) in [4.78, 5) is 64.8. The second-order valence-corrected chi connectivity index (χ2v) is 19.1. The highest BCUT2D eigenvalue weighted by Gasteiger charge is 2.28. The zero-order valence-corrected chi connectivity index (χ0v) is 43.5. The number of amides is 4. The average Bonchev–Trinajstić information content (AvgIpc) is 4.11. The molecule has 3 aromatic carbocycles. The number of thiophene rings is 1. The minimum absolute atomic E-state index is 0.0537. The van der Waals surface area contributed by atoms with E-state index in [-0.39, 0.29) is 49.2 Å². The van der Waals surface area contributed by atoms with Crippen molar-refractivity contribution in [1.82, 2.24) is 35.0 Å². The summed E-state index contributed by atoms with van der Waals surface area (Å²) in [5.74, 6) is -0.135. The van der Waals surface area contributed by atoms with Gasteiger partial charge in [-0.25, -0.2) is 0 Å². The first kappa shape index (κ1) is 54.6. The first-order valence-corrected chi connectivity index (χ1v) is 25.6. The molecule has 1 fully saturated rings. The third kappa shape index (κ3) is 16.4. The van der Waals surface area contributed by atoms with Crippen molar-refractivity contribution in [1.29, 1.82) is 0 Å². The number of aromatic nitrogens is 3. The summed E-state index contributed by atoms with van der Waals surface area (Å²) < 4.78 is 36.0. The Bertz CT molecular complexity index is 2830. The molecule has 6 aromatic rings. The number of anilines is 1. The summed E-state index contributed by atoms with van der Waals surface area (Å²) in [7, 11) is 5.87. The van der Waals surface area contributed by atoms with Crippen LogP contribution in [0.3, 0.4) is 0 Å². The van der Waals surface area contributed by atoms with Crippen LogP contribution in [-0.2, 0) is 51.5 Å². The number of carbonyl (C=O) groups is 4. The van der Waals surface area contributed by atoms with E-state index in [1.807, 2.05) is 69.5 Å². The number of piperazine rings is 1. The maximum absolute atomic E-state index is 13.1. The number of nitrogens with one attached hydrogen (secondary N) is 3. The van der Waals surface area contributed by atoms with E-state index in [2.05, 4.69) is 49.4 Å². The number of hydrogen-bond acceptors (Lipinski definition) is 13. The number of hydrogen-bond donors (Lipinski definition) is 3. The number of carbonyl (C=O) groups excluding carboxylic acids is 4. The minimum atomic E-state index is -0.241. The second-order valence-electron chi connectivity index (χ2n) is 17.5. The first-order valence-electron chi connectivity index (χ1n) is 24.4. The molecule has 1 aliphatic heterocycles. The summed E-state index contributed by atoms with van der Waals surface area (Å²) in [6.07, 6.45) is 6.25. The van der Waals surface area contributed by atoms with Gasteiger partial charge in [0.1, 0.15) is 12.3 Å². The zero-order valence-electron chi connectivity index (χ0n) is 41.9. The van der Waals surface area contributed by atoms with Crippen LogP contribution in [0.2, 0.25) is 5.02 Å². The van der Waals surface area contributed by atoms with Crippen LogP contribution in [-0.4, -0.2) is 167 Å². The summed E-state index contributed by atoms with van der Waals surface area (Å²) in [6, 6.07) is 21.6. The number of aryl methyl sites for hydroxylation is 2. The molecule has 0 spiro atoms. The molecule has 18 nitrogen and oxygen atoms in total. The van der Waals surface area contributed by atoms with Crippen LogP contribution in [0.15, 0.2) is 85.1 Å². The predicted octanol–water partition coefficient (Wildman–Crippen LogP) is 6.39. The zero-order chi connectivity index (χ0) is 51.5. The Morgan fingerprint density at radius 1 is 0.836 bits per heavy atom. The number of likely N-dealkylation sites (N-methyl/N-ethyl adjacent to an activating group) is 1. The molecule has 1 saturated heterocycles. The van der Waals surface area contributed by atoms with Gasteiger partial charge in [-0.2, -0.15) is 4.98 Å². The van der Waals surface area contributed by atoms with Crippen molar-refractivity contribution in [3.8, 4) is 22.9 Å². The normalized spacial score (nSPS) is 13.0. The number of halogens is 1. The number of aromatic amines is 1. The van der Waals surface area contributed by atoms with Gasteiger partial charge >= 0.3 is 0 Å². The molecule has 0 saturated carbocycles. The SMILES string of the molecule is Cc1ccc(Oc2nc3cc(-c4ccc5c(ccn5C)c4)c(Cl)cc3[nH]2)cc1C(=O)NCCOCCOCCOCCOCCOCCC(=O)NCCc1ccc(N2CCN(C(=O)/C=C/CN(C)C)CC2=O)s1. The minimum Gasteiger partial charge on any atom is -0.426 e. The van der Waals surface area contributed by atoms with Gasteiger partial charge < -0.3 is 63.3 Å². The Morgan fingerprint density at radius 2 is 1.56 bits per heavy atom. The molecule has 3 aromatic heterocycles. The van der Waals surface area contributed by atoms with Crippen LogP contribution >= 0.6 is 22.9 Å². The fourth-order valence-corrected chi connectivity index (χ4v) is 9.17. The molecular weight excluding hydrogens is 976 g/mol. The molecule has 0 aliphatic carbocycles. The van der Waals surface area contributed by atoms with E-state index in [4.69, 9.17) is 40.0 Å². The highest BCUT2D eigenvalue weighted by atomic mass is 35.5. The molecule has 4 heterocycles. The van der Waals surface area contributed by atoms with Crippen LogP contribution in [0.5, 0.6) is 11.8 Å². The van der Waals surface area contributed by atoms with Crippen molar-refractivity contribution in [2.75, 3.05) is 124 Å². The molecule has 0 bridgehead atoms. The molecule has 7 rings (SSSR count). The maximum atomic E-state index is 13.1. The standard InChI is InChI=1S/C53H65ClN8O10S/c1-37-7-9-40(72-53-57-45-34-43(44(54)35-46(45)58-53)38-8-11-47-39(32-38)14-19-60(47)4)33-42(37)52(66)56-17-23-68-25-27-70-29-31-71-30-28-69-26-24-67-22-15-48(63)55-16-13-41-10-12-51(73-41)62-21-20-61(36-50(62)65)49(64)6-5-18-59(2)3/h5-12,14,19,32-35H,13,15-18,20-31,36H2,1-4H3,(H,55,63)(H,56,66)(H,57,58)/b6-5+. The molecule has 20 heteroatoms. The lowest BCUT2D eigenvalue weighted by Gasteiger charge is -2.33. The van der Waals surface area contributed by atoms with Crippen LogP contribution < -0.4 is 20.3 Å². The van der Waals surface area contributed by atoms with Gasteiger partial charge in [-0.05, 0) is 93.2 Å². The number of imidazole rings is 1. The maximum Gasteiger partial charge on any atom is 0.300 e. The summed E-state index contributed by atoms with van der Waals surface area (Å²) in [5.41, 5.74) is 5.72. The van der Waals surface area contributed by atoms with Crippen LogP contribution in [0, 0.1) is 6.92 Å². The van der Waals surface area contributed by atoms with Gasteiger partial charge in [0.25, 0.3) is 11.9 Å². The van der Waals surface area contributed by atoms with Crippen LogP contribution in [0.25, 0.3) is 33.1 Å². The summed E-state index contributed by atoms with van der Waals surface area (Å²) in [5, 5.41) is 8.38. The van der Waals surface area contributed by atoms with Crippen molar-refractivity contribution < 1.29 is 47.6 Å². The fourth-order valence-electron chi connectivity index (χ4n) is 7.85. The van der Waals surface area contributed by atoms with Gasteiger partial charge in [-0.15, -0.1) is 11.3 Å². The molecule has 390 valence electrons. The Morgan fingerprint density at radius 3 is 2.29 bits per heavy atom. The summed E-state index contributed by atoms with van der Waals surface area (Å²) >= 11 is 8.25. The Balaban J connectivity index is 0.656. The average molecular weight is 1040 g/mol. The molecular formula is C53H65ClN8O10S. The molecule has 0 radical (unpaired) electrons. The van der Waals surface area contributed by atoms with E-state index in [9.17, 15) is 19.2 Å². The van der Waals surface area contributed by atoms with Gasteiger partial charge in [-0.3, -0.25) is 19.2 Å². The molecule has 0 unspecified atom stereocenters. The van der Waals surface area contributed by atoms with E-state index >= 15 is 0 Å². The lowest BCUT2D eigenvalue weighted by Crippen LogP contribution is -2.51. The van der Waals surface area contributed by atoms with E-state index in [0.29, 0.717) is 120 Å². The predicted molar refractivity (Wildman–Crippen MR) is 283 cm³/mol. The number of ether oxygens (including phenoxy) is 6. The quantitative estimate of drug-likeness (QED) is 0.0347. The van der Waals surface area contributed by atoms with Crippen molar-refractivity contribution >= 4 is 73.5 Å². The smallest absolute Gasteiger partial charge is 0.300 e. The Kier molecular flexibility index (Phi) is 20.8. The van der Waals surface area contributed by atoms with Crippen molar-refractivity contribution in [2.24, 2.45) is 7.05 Å². The van der Waals surface area contributed by atoms with Crippen LogP contribution in [0.4, 0.5) is 5.00 Å². The molecule has 1 aliphatic rings. The first-order chi connectivity index (χ1) is 35.4. The van der Waals surface area contributed by atoms with E-state index in [0.717, 1.165) is 43.0 Å². The van der Waals surface area contributed by atoms with Gasteiger partial charge in [0.2, 0.25) is 17.7 Å². The molecule has 0 atom stereocenters. The number of nitrogens with zero attached hydrogens (tertiary/aromatic N) is 5. The van der Waals surface area contributed by atoms with E-state index in [1.165, 1.54) is 17.4 Å². The highest BCUT2D eigenvalue weighted by Crippen LogP contribution is 2.35. The number of rotatable bonds is 29. The Labute approximate surface area is 434 Å². The van der Waals surface area contributed by atoms with Crippen molar-refractivity contribution in [3.05, 3.63) is 106 Å². The molecule has 3 N–H and O–H groups in total. The van der Waals surface area contributed by atoms with Gasteiger partial charge in [0.15, 0.2) is 0 Å². The van der Waals surface area contributed by atoms with E-state index < -0.39 is 0 Å². The van der Waals surface area contributed by atoms with E-state index in [1.54, 1.807) is 28.0 Å². The van der Waals surface area contributed by atoms with Gasteiger partial charge in [0.05, 0.1) is 87.1 Å². The molecule has 4 amide bonds. The molecule has 73 heavy (non-hydrogen) atoms. The third-order valence-corrected chi connectivity index (χ3v) is 13.3. The Hall–Kier alpha value is -6.16. The number of H-pyrrole nitrogens is 1. The lowest BCUT2D eigenvalue weighted by atomic mass is 10.0. The summed E-state index contributed by atoms with van der Waals surface area (Å²) in [6.45, 7) is 8.06. The highest BCUT2D eigenvalue weighted by molar-refractivity contribution is 7.16. The van der Waals surface area contributed by atoms with Crippen molar-refractivity contribution in [2.45, 2.75) is 19.8 Å². The third-order valence-electron chi connectivity index (χ3n) is 11.8. The second kappa shape index (κ2) is 27.8. The van der Waals surface area contributed by atoms with Gasteiger partial charge in [-0.1, -0.05) is 29.8 Å². The largest absolute Gasteiger partial charge is 0.426 e. The lowest BCUT2D eigenvalue weighted by molar-refractivity contribution is -0.133. The fraction of sp³-hybridized carbons (Fsp3) is 0.415. The topological polar surface area (TPSA) is 191 Å². The number of fused-ring (bicyclic) bond motifs is 2. The monoisotopic (exact) mass is 1040 g/mol. The van der Waals surface area contributed by atoms with Gasteiger partial charge in [0, 0.05) is 85.4 Å². The van der Waals surface area contributed by atoms with Crippen LogP contribution in [0.1, 0.15) is 27.2 Å². The number of benzene rings is 3. The van der Waals surface area contributed by atoms with Crippen molar-refractivity contribution in [3.63, 3.8) is 0 Å².